The summed E-state index contributed by atoms with van der Waals surface area (Å²) in [6.07, 6.45) is 10.0. The van der Waals surface area contributed by atoms with E-state index in [4.69, 9.17) is 0 Å². The minimum atomic E-state index is -2.00. The van der Waals surface area contributed by atoms with E-state index in [9.17, 15) is 9.00 Å². The summed E-state index contributed by atoms with van der Waals surface area (Å²) < 4.78 is 11.4. The second kappa shape index (κ2) is 4.96. The fraction of sp³-hybridized carbons (Fsp3) is 0.818. The number of carbonyl (C=O) groups is 1. The fourth-order valence-electron chi connectivity index (χ4n) is 2.04. The summed E-state index contributed by atoms with van der Waals surface area (Å²) in [5, 5.41) is 1.42. The van der Waals surface area contributed by atoms with Gasteiger partial charge in [-0.15, -0.1) is 0 Å². The highest BCUT2D eigenvalue weighted by Gasteiger charge is 2.16. The van der Waals surface area contributed by atoms with Crippen molar-refractivity contribution in [2.24, 2.45) is 5.92 Å². The maximum Gasteiger partial charge on any atom is 0.163 e. The van der Waals surface area contributed by atoms with Crippen molar-refractivity contribution in [3.8, 4) is 0 Å². The van der Waals surface area contributed by atoms with E-state index < -0.39 is 9.52 Å². The molecule has 0 bridgehead atoms. The quantitative estimate of drug-likeness (QED) is 0.675. The second-order valence-electron chi connectivity index (χ2n) is 4.60. The molecule has 14 heavy (non-hydrogen) atoms. The van der Waals surface area contributed by atoms with Crippen molar-refractivity contribution in [3.63, 3.8) is 0 Å². The number of Topliss-reactive ketones (excluding diaryl/α,β-unsaturated/α-hetero) is 1. The second-order valence-corrected chi connectivity index (χ2v) is 7.46. The summed E-state index contributed by atoms with van der Waals surface area (Å²) in [6.45, 7) is 0. The van der Waals surface area contributed by atoms with Gasteiger partial charge in [0.1, 0.15) is 0 Å². The van der Waals surface area contributed by atoms with Gasteiger partial charge < -0.3 is 0 Å². The summed E-state index contributed by atoms with van der Waals surface area (Å²) >= 11 is 0. The molecule has 0 aromatic heterocycles. The molecule has 0 N–H and O–H groups in total. The van der Waals surface area contributed by atoms with Gasteiger partial charge in [-0.05, 0) is 15.4 Å². The standard InChI is InChI=1S/C11H20O2S/c1-14(2,13)9-11(12)8-10-6-4-3-5-7-10/h9-10H,3-8H2,1-2H3. The molecule has 0 aromatic rings. The topological polar surface area (TPSA) is 34.1 Å². The van der Waals surface area contributed by atoms with Crippen molar-refractivity contribution >= 4 is 20.7 Å². The predicted molar refractivity (Wildman–Crippen MR) is 62.3 cm³/mol. The fourth-order valence-corrected chi connectivity index (χ4v) is 2.77. The average molecular weight is 216 g/mol. The summed E-state index contributed by atoms with van der Waals surface area (Å²) in [4.78, 5) is 11.5. The molecule has 0 aromatic carbocycles. The minimum Gasteiger partial charge on any atom is -0.294 e. The zero-order chi connectivity index (χ0) is 10.6. The molecule has 1 saturated carbocycles. The lowest BCUT2D eigenvalue weighted by Gasteiger charge is -2.19. The van der Waals surface area contributed by atoms with E-state index >= 15 is 0 Å². The Bertz CT molecular complexity index is 297. The highest BCUT2D eigenvalue weighted by Crippen LogP contribution is 2.26. The Labute approximate surface area is 87.1 Å². The SMILES string of the molecule is CS(C)(=O)=CC(=O)CC1CCCCC1. The zero-order valence-corrected chi connectivity index (χ0v) is 9.94. The Kier molecular flexibility index (Phi) is 4.17. The molecular formula is C11H20O2S. The van der Waals surface area contributed by atoms with E-state index in [1.54, 1.807) is 12.5 Å². The van der Waals surface area contributed by atoms with Crippen molar-refractivity contribution in [2.75, 3.05) is 12.5 Å². The van der Waals surface area contributed by atoms with Crippen LogP contribution < -0.4 is 0 Å². The summed E-state index contributed by atoms with van der Waals surface area (Å²) in [5.41, 5.74) is 0. The van der Waals surface area contributed by atoms with Crippen LogP contribution in [0, 0.1) is 5.92 Å². The largest absolute Gasteiger partial charge is 0.294 e. The first-order valence-corrected chi connectivity index (χ1v) is 7.73. The highest BCUT2D eigenvalue weighted by atomic mass is 32.2. The molecule has 3 heteroatoms. The highest BCUT2D eigenvalue weighted by molar-refractivity contribution is 8.01. The van der Waals surface area contributed by atoms with Gasteiger partial charge in [0, 0.05) is 24.3 Å². The van der Waals surface area contributed by atoms with Crippen LogP contribution in [0.1, 0.15) is 38.5 Å². The van der Waals surface area contributed by atoms with Crippen LogP contribution in [-0.2, 0) is 14.3 Å². The summed E-state index contributed by atoms with van der Waals surface area (Å²) in [6, 6.07) is 0. The molecule has 0 unspecified atom stereocenters. The molecule has 1 aliphatic carbocycles. The van der Waals surface area contributed by atoms with E-state index in [0.717, 1.165) is 0 Å². The van der Waals surface area contributed by atoms with Gasteiger partial charge in [0.15, 0.2) is 5.78 Å². The van der Waals surface area contributed by atoms with Crippen LogP contribution in [0.4, 0.5) is 0 Å². The van der Waals surface area contributed by atoms with Crippen molar-refractivity contribution < 1.29 is 9.00 Å². The monoisotopic (exact) mass is 216 g/mol. The first-order chi connectivity index (χ1) is 6.47. The number of ketones is 1. The number of rotatable bonds is 3. The van der Waals surface area contributed by atoms with Crippen LogP contribution >= 0.6 is 0 Å². The number of hydrogen-bond acceptors (Lipinski definition) is 2. The van der Waals surface area contributed by atoms with Crippen LogP contribution in [0.2, 0.25) is 0 Å². The molecule has 0 radical (unpaired) electrons. The maximum absolute atomic E-state index is 11.5. The molecule has 0 aliphatic heterocycles. The predicted octanol–water partition coefficient (Wildman–Crippen LogP) is 1.87. The Morgan fingerprint density at radius 1 is 1.29 bits per heavy atom. The van der Waals surface area contributed by atoms with Gasteiger partial charge in [-0.25, -0.2) is 0 Å². The van der Waals surface area contributed by atoms with Crippen LogP contribution in [0.5, 0.6) is 0 Å². The Balaban J connectivity index is 2.44. The van der Waals surface area contributed by atoms with Crippen LogP contribution in [0.3, 0.4) is 0 Å². The number of hydrogen-bond donors (Lipinski definition) is 0. The molecule has 1 rings (SSSR count). The van der Waals surface area contributed by atoms with E-state index in [0.29, 0.717) is 12.3 Å². The molecule has 2 nitrogen and oxygen atoms in total. The Morgan fingerprint density at radius 2 is 1.86 bits per heavy atom. The van der Waals surface area contributed by atoms with Crippen molar-refractivity contribution in [1.29, 1.82) is 0 Å². The van der Waals surface area contributed by atoms with Crippen LogP contribution in [0.15, 0.2) is 0 Å². The molecule has 0 atom stereocenters. The van der Waals surface area contributed by atoms with Gasteiger partial charge >= 0.3 is 0 Å². The van der Waals surface area contributed by atoms with Gasteiger partial charge in [0.05, 0.1) is 0 Å². The smallest absolute Gasteiger partial charge is 0.163 e. The molecule has 0 heterocycles. The number of carbonyl (C=O) groups excluding carboxylic acids is 1. The summed E-state index contributed by atoms with van der Waals surface area (Å²) in [7, 11) is -2.00. The normalized spacial score (nSPS) is 19.3. The minimum absolute atomic E-state index is 0.0758. The van der Waals surface area contributed by atoms with Gasteiger partial charge in [-0.1, -0.05) is 32.1 Å². The van der Waals surface area contributed by atoms with E-state index in [1.807, 2.05) is 0 Å². The van der Waals surface area contributed by atoms with Gasteiger partial charge in [0.25, 0.3) is 0 Å². The van der Waals surface area contributed by atoms with Gasteiger partial charge in [-0.2, -0.15) is 0 Å². The molecule has 1 fully saturated rings. The third-order valence-corrected chi connectivity index (χ3v) is 3.46. The zero-order valence-electron chi connectivity index (χ0n) is 9.12. The first kappa shape index (κ1) is 11.8. The van der Waals surface area contributed by atoms with Crippen molar-refractivity contribution in [1.82, 2.24) is 0 Å². The van der Waals surface area contributed by atoms with Crippen molar-refractivity contribution in [2.45, 2.75) is 38.5 Å². The third-order valence-electron chi connectivity index (χ3n) is 2.63. The van der Waals surface area contributed by atoms with Crippen molar-refractivity contribution in [3.05, 3.63) is 0 Å². The van der Waals surface area contributed by atoms with Crippen LogP contribution in [-0.4, -0.2) is 27.9 Å². The first-order valence-electron chi connectivity index (χ1n) is 5.29. The van der Waals surface area contributed by atoms with Gasteiger partial charge in [0.2, 0.25) is 0 Å². The van der Waals surface area contributed by atoms with E-state index in [1.165, 1.54) is 37.5 Å². The van der Waals surface area contributed by atoms with E-state index in [2.05, 4.69) is 0 Å². The maximum atomic E-state index is 11.5. The lowest BCUT2D eigenvalue weighted by atomic mass is 9.86. The molecule has 82 valence electrons. The average Bonchev–Trinajstić information content (AvgIpc) is 2.02. The van der Waals surface area contributed by atoms with Gasteiger partial charge in [-0.3, -0.25) is 9.00 Å². The molecule has 0 amide bonds. The lowest BCUT2D eigenvalue weighted by Crippen LogP contribution is -2.15. The Hall–Kier alpha value is -0.310. The van der Waals surface area contributed by atoms with E-state index in [-0.39, 0.29) is 5.78 Å². The molecular weight excluding hydrogens is 196 g/mol. The molecule has 0 saturated heterocycles. The third kappa shape index (κ3) is 4.80. The molecule has 0 spiro atoms. The lowest BCUT2D eigenvalue weighted by molar-refractivity contribution is -0.113. The molecule has 1 aliphatic rings. The summed E-state index contributed by atoms with van der Waals surface area (Å²) in [5.74, 6) is 0.626. The Morgan fingerprint density at radius 3 is 2.36 bits per heavy atom. The van der Waals surface area contributed by atoms with Crippen LogP contribution in [0.25, 0.3) is 0 Å².